The second-order valence-corrected chi connectivity index (χ2v) is 4.53. The molecule has 0 unspecified atom stereocenters. The number of halogens is 3. The molecule has 0 radical (unpaired) electrons. The van der Waals surface area contributed by atoms with Crippen molar-refractivity contribution < 1.29 is 23.1 Å². The van der Waals surface area contributed by atoms with Crippen LogP contribution in [0.3, 0.4) is 0 Å². The third-order valence-corrected chi connectivity index (χ3v) is 2.85. The van der Waals surface area contributed by atoms with Crippen LogP contribution in [0, 0.1) is 0 Å². The van der Waals surface area contributed by atoms with Crippen LogP contribution in [0.5, 0.6) is 0 Å². The van der Waals surface area contributed by atoms with Crippen LogP contribution in [0.4, 0.5) is 18.9 Å². The molecule has 1 rings (SSSR count). The molecule has 0 bridgehead atoms. The molecule has 0 aliphatic carbocycles. The Balaban J connectivity index is 2.83. The monoisotopic (exact) mass is 289 g/mol. The number of carboxylic acids is 1. The minimum atomic E-state index is -4.37. The van der Waals surface area contributed by atoms with Crippen molar-refractivity contribution in [3.05, 3.63) is 29.8 Å². The van der Waals surface area contributed by atoms with Crippen molar-refractivity contribution in [3.63, 3.8) is 0 Å². The van der Waals surface area contributed by atoms with Gasteiger partial charge < -0.3 is 10.0 Å². The van der Waals surface area contributed by atoms with Gasteiger partial charge in [-0.1, -0.05) is 13.0 Å². The molecule has 0 aliphatic rings. The predicted molar refractivity (Wildman–Crippen MR) is 70.8 cm³/mol. The molecule has 20 heavy (non-hydrogen) atoms. The maximum atomic E-state index is 12.7. The molecule has 0 amide bonds. The van der Waals surface area contributed by atoms with Crippen molar-refractivity contribution in [1.82, 2.24) is 0 Å². The first-order chi connectivity index (χ1) is 9.34. The Kier molecular flexibility index (Phi) is 5.85. The van der Waals surface area contributed by atoms with Crippen LogP contribution in [-0.2, 0) is 11.0 Å². The van der Waals surface area contributed by atoms with Gasteiger partial charge in [0.1, 0.15) is 0 Å². The average Bonchev–Trinajstić information content (AvgIpc) is 2.36. The van der Waals surface area contributed by atoms with E-state index in [0.717, 1.165) is 18.6 Å². The van der Waals surface area contributed by atoms with Gasteiger partial charge in [-0.3, -0.25) is 4.79 Å². The van der Waals surface area contributed by atoms with Crippen molar-refractivity contribution in [1.29, 1.82) is 0 Å². The van der Waals surface area contributed by atoms with Gasteiger partial charge in [-0.2, -0.15) is 13.2 Å². The van der Waals surface area contributed by atoms with Crippen LogP contribution < -0.4 is 4.90 Å². The van der Waals surface area contributed by atoms with Crippen LogP contribution in [-0.4, -0.2) is 24.2 Å². The highest BCUT2D eigenvalue weighted by molar-refractivity contribution is 5.66. The Labute approximate surface area is 116 Å². The van der Waals surface area contributed by atoms with Gasteiger partial charge in [0.05, 0.1) is 5.56 Å². The van der Waals surface area contributed by atoms with Crippen molar-refractivity contribution in [2.45, 2.75) is 32.4 Å². The highest BCUT2D eigenvalue weighted by Gasteiger charge is 2.30. The second-order valence-electron chi connectivity index (χ2n) is 4.53. The number of rotatable bonds is 7. The van der Waals surface area contributed by atoms with Crippen LogP contribution in [0.1, 0.15) is 31.7 Å². The first-order valence-electron chi connectivity index (χ1n) is 6.48. The number of carbonyl (C=O) groups is 1. The van der Waals surface area contributed by atoms with Gasteiger partial charge in [-0.05, 0) is 31.0 Å². The third kappa shape index (κ3) is 5.11. The number of hydrogen-bond donors (Lipinski definition) is 1. The quantitative estimate of drug-likeness (QED) is 0.830. The lowest BCUT2D eigenvalue weighted by molar-refractivity contribution is -0.138. The third-order valence-electron chi connectivity index (χ3n) is 2.85. The van der Waals surface area contributed by atoms with Gasteiger partial charge in [-0.25, -0.2) is 0 Å². The Hall–Kier alpha value is -1.72. The SMILES string of the molecule is CCCN(CCCC(=O)O)c1cccc(C(F)(F)F)c1. The number of nitrogens with zero attached hydrogens (tertiary/aromatic N) is 1. The smallest absolute Gasteiger partial charge is 0.416 e. The molecule has 1 N–H and O–H groups in total. The fourth-order valence-corrected chi connectivity index (χ4v) is 1.94. The van der Waals surface area contributed by atoms with Crippen LogP contribution in [0.15, 0.2) is 24.3 Å². The number of alkyl halides is 3. The van der Waals surface area contributed by atoms with E-state index < -0.39 is 17.7 Å². The van der Waals surface area contributed by atoms with E-state index in [1.54, 1.807) is 11.0 Å². The molecule has 0 fully saturated rings. The Morgan fingerprint density at radius 1 is 1.30 bits per heavy atom. The molecular formula is C14H18F3NO2. The summed E-state index contributed by atoms with van der Waals surface area (Å²) in [5.74, 6) is -0.898. The summed E-state index contributed by atoms with van der Waals surface area (Å²) in [6, 6.07) is 5.13. The molecule has 0 atom stereocenters. The Morgan fingerprint density at radius 2 is 2.00 bits per heavy atom. The molecule has 0 heterocycles. The van der Waals surface area contributed by atoms with Crippen LogP contribution in [0.25, 0.3) is 0 Å². The second kappa shape index (κ2) is 7.17. The van der Waals surface area contributed by atoms with Gasteiger partial charge in [0, 0.05) is 25.2 Å². The Bertz CT molecular complexity index is 446. The summed E-state index contributed by atoms with van der Waals surface area (Å²) in [4.78, 5) is 12.3. The van der Waals surface area contributed by atoms with E-state index in [0.29, 0.717) is 25.2 Å². The van der Waals surface area contributed by atoms with E-state index in [1.807, 2.05) is 6.92 Å². The number of aliphatic carboxylic acids is 1. The molecule has 112 valence electrons. The van der Waals surface area contributed by atoms with Crippen molar-refractivity contribution in [2.24, 2.45) is 0 Å². The zero-order valence-corrected chi connectivity index (χ0v) is 11.3. The molecule has 0 saturated carbocycles. The van der Waals surface area contributed by atoms with E-state index in [4.69, 9.17) is 5.11 Å². The average molecular weight is 289 g/mol. The first-order valence-corrected chi connectivity index (χ1v) is 6.48. The maximum absolute atomic E-state index is 12.7. The fraction of sp³-hybridized carbons (Fsp3) is 0.500. The van der Waals surface area contributed by atoms with E-state index in [1.165, 1.54) is 6.07 Å². The zero-order valence-electron chi connectivity index (χ0n) is 11.3. The number of anilines is 1. The van der Waals surface area contributed by atoms with Gasteiger partial charge in [0.15, 0.2) is 0 Å². The van der Waals surface area contributed by atoms with Crippen molar-refractivity contribution >= 4 is 11.7 Å². The van der Waals surface area contributed by atoms with Gasteiger partial charge >= 0.3 is 12.1 Å². The lowest BCUT2D eigenvalue weighted by Gasteiger charge is -2.25. The summed E-state index contributed by atoms with van der Waals surface area (Å²) in [5.41, 5.74) is -0.207. The summed E-state index contributed by atoms with van der Waals surface area (Å²) in [6.07, 6.45) is -3.16. The highest BCUT2D eigenvalue weighted by Crippen LogP contribution is 2.31. The molecule has 3 nitrogen and oxygen atoms in total. The van der Waals surface area contributed by atoms with Gasteiger partial charge in [0.2, 0.25) is 0 Å². The molecule has 0 aromatic heterocycles. The van der Waals surface area contributed by atoms with Gasteiger partial charge in [-0.15, -0.1) is 0 Å². The molecule has 0 saturated heterocycles. The minimum Gasteiger partial charge on any atom is -0.481 e. The molecule has 1 aromatic rings. The summed E-state index contributed by atoms with van der Waals surface area (Å²) in [5, 5.41) is 8.61. The number of carboxylic acid groups (broad SMARTS) is 1. The lowest BCUT2D eigenvalue weighted by Crippen LogP contribution is -2.26. The molecular weight excluding hydrogens is 271 g/mol. The standard InChI is InChI=1S/C14H18F3NO2/c1-2-8-18(9-4-7-13(19)20)12-6-3-5-11(10-12)14(15,16)17/h3,5-6,10H,2,4,7-9H2,1H3,(H,19,20). The first kappa shape index (κ1) is 16.3. The summed E-state index contributed by atoms with van der Waals surface area (Å²) in [7, 11) is 0. The molecule has 6 heteroatoms. The van der Waals surface area contributed by atoms with E-state index in [2.05, 4.69) is 0 Å². The summed E-state index contributed by atoms with van der Waals surface area (Å²) >= 11 is 0. The maximum Gasteiger partial charge on any atom is 0.416 e. The topological polar surface area (TPSA) is 40.5 Å². The van der Waals surface area contributed by atoms with Crippen molar-refractivity contribution in [3.8, 4) is 0 Å². The fourth-order valence-electron chi connectivity index (χ4n) is 1.94. The minimum absolute atomic E-state index is 0.0131. The predicted octanol–water partition coefficient (Wildman–Crippen LogP) is 3.79. The van der Waals surface area contributed by atoms with Crippen LogP contribution in [0.2, 0.25) is 0 Å². The number of benzene rings is 1. The Morgan fingerprint density at radius 3 is 2.55 bits per heavy atom. The van der Waals surface area contributed by atoms with Crippen LogP contribution >= 0.6 is 0 Å². The van der Waals surface area contributed by atoms with E-state index in [-0.39, 0.29) is 6.42 Å². The lowest BCUT2D eigenvalue weighted by atomic mass is 10.1. The van der Waals surface area contributed by atoms with E-state index >= 15 is 0 Å². The van der Waals surface area contributed by atoms with E-state index in [9.17, 15) is 18.0 Å². The zero-order chi connectivity index (χ0) is 15.2. The summed E-state index contributed by atoms with van der Waals surface area (Å²) < 4.78 is 38.0. The largest absolute Gasteiger partial charge is 0.481 e. The summed E-state index contributed by atoms with van der Waals surface area (Å²) in [6.45, 7) is 2.96. The van der Waals surface area contributed by atoms with Gasteiger partial charge in [0.25, 0.3) is 0 Å². The molecule has 1 aromatic carbocycles. The molecule has 0 spiro atoms. The number of hydrogen-bond acceptors (Lipinski definition) is 2. The molecule has 0 aliphatic heterocycles. The normalized spacial score (nSPS) is 11.4. The van der Waals surface area contributed by atoms with Crippen molar-refractivity contribution in [2.75, 3.05) is 18.0 Å². The highest BCUT2D eigenvalue weighted by atomic mass is 19.4.